The van der Waals surface area contributed by atoms with Crippen LogP contribution in [0.1, 0.15) is 55.5 Å². The summed E-state index contributed by atoms with van der Waals surface area (Å²) in [6, 6.07) is 4.30. The van der Waals surface area contributed by atoms with Crippen molar-refractivity contribution in [2.75, 3.05) is 33.9 Å². The molecule has 0 bridgehead atoms. The summed E-state index contributed by atoms with van der Waals surface area (Å²) in [5.74, 6) is 1.09. The Morgan fingerprint density at radius 3 is 2.72 bits per heavy atom. The van der Waals surface area contributed by atoms with Crippen LogP contribution in [0.4, 0.5) is 0 Å². The van der Waals surface area contributed by atoms with Gasteiger partial charge in [0.2, 0.25) is 0 Å². The summed E-state index contributed by atoms with van der Waals surface area (Å²) in [5.41, 5.74) is 1.57. The van der Waals surface area contributed by atoms with Crippen molar-refractivity contribution in [3.8, 4) is 11.5 Å². The number of likely N-dealkylation sites (tertiary alicyclic amines) is 1. The maximum atomic E-state index is 12.9. The smallest absolute Gasteiger partial charge is 0.258 e. The van der Waals surface area contributed by atoms with Crippen LogP contribution in [0.5, 0.6) is 11.5 Å². The predicted molar refractivity (Wildman–Crippen MR) is 101 cm³/mol. The zero-order valence-corrected chi connectivity index (χ0v) is 16.1. The van der Waals surface area contributed by atoms with Crippen molar-refractivity contribution in [2.45, 2.75) is 52.0 Å². The lowest BCUT2D eigenvalue weighted by Crippen LogP contribution is -2.40. The summed E-state index contributed by atoms with van der Waals surface area (Å²) in [6.45, 7) is 7.14. The number of hydrogen-bond donors (Lipinski definition) is 1. The van der Waals surface area contributed by atoms with Crippen LogP contribution in [-0.2, 0) is 6.42 Å². The van der Waals surface area contributed by atoms with E-state index in [4.69, 9.17) is 9.47 Å². The molecule has 140 valence electrons. The number of amides is 1. The minimum atomic E-state index is -0.116. The zero-order valence-electron chi connectivity index (χ0n) is 16.1. The van der Waals surface area contributed by atoms with Crippen LogP contribution in [0.3, 0.4) is 0 Å². The Morgan fingerprint density at radius 1 is 1.28 bits per heavy atom. The molecule has 5 nitrogen and oxygen atoms in total. The fourth-order valence-electron chi connectivity index (χ4n) is 3.63. The number of methoxy groups -OCH3 is 2. The second-order valence-corrected chi connectivity index (χ2v) is 6.57. The van der Waals surface area contributed by atoms with Gasteiger partial charge in [-0.15, -0.1) is 0 Å². The number of unbranched alkanes of at least 4 members (excludes halogenated alkanes) is 1. The van der Waals surface area contributed by atoms with Crippen LogP contribution in [0.2, 0.25) is 0 Å². The molecular weight excluding hydrogens is 316 g/mol. The largest absolute Gasteiger partial charge is 0.496 e. The molecule has 25 heavy (non-hydrogen) atoms. The third kappa shape index (κ3) is 4.66. The van der Waals surface area contributed by atoms with Crippen LogP contribution in [0.25, 0.3) is 0 Å². The number of carbonyl (C=O) groups excluding carboxylic acids is 1. The first-order valence-electron chi connectivity index (χ1n) is 9.42. The molecule has 1 N–H and O–H groups in total. The Kier molecular flexibility index (Phi) is 7.56. The number of likely N-dealkylation sites (N-methyl/N-ethyl adjacent to an activating group) is 1. The summed E-state index contributed by atoms with van der Waals surface area (Å²) >= 11 is 0. The number of nitrogens with one attached hydrogen (secondary N) is 1. The molecule has 0 aliphatic carbocycles. The second kappa shape index (κ2) is 9.66. The lowest BCUT2D eigenvalue weighted by atomic mass is 10.0. The molecule has 1 aromatic carbocycles. The van der Waals surface area contributed by atoms with Crippen molar-refractivity contribution in [3.05, 3.63) is 23.3 Å². The highest BCUT2D eigenvalue weighted by Crippen LogP contribution is 2.33. The average Bonchev–Trinajstić information content (AvgIpc) is 3.10. The van der Waals surface area contributed by atoms with E-state index in [0.29, 0.717) is 29.6 Å². The van der Waals surface area contributed by atoms with E-state index in [1.165, 1.54) is 6.42 Å². The summed E-state index contributed by atoms with van der Waals surface area (Å²) < 4.78 is 11.0. The monoisotopic (exact) mass is 348 g/mol. The van der Waals surface area contributed by atoms with Gasteiger partial charge in [0.25, 0.3) is 5.91 Å². The van der Waals surface area contributed by atoms with Crippen molar-refractivity contribution >= 4 is 5.91 Å². The van der Waals surface area contributed by atoms with Gasteiger partial charge in [-0.2, -0.15) is 0 Å². The van der Waals surface area contributed by atoms with Gasteiger partial charge in [0.15, 0.2) is 0 Å². The highest BCUT2D eigenvalue weighted by atomic mass is 16.5. The Labute approximate surface area is 151 Å². The van der Waals surface area contributed by atoms with Crippen LogP contribution < -0.4 is 14.8 Å². The average molecular weight is 348 g/mol. The minimum Gasteiger partial charge on any atom is -0.496 e. The highest BCUT2D eigenvalue weighted by molar-refractivity contribution is 6.00. The lowest BCUT2D eigenvalue weighted by Gasteiger charge is -2.23. The third-order valence-corrected chi connectivity index (χ3v) is 5.06. The standard InChI is InChI=1S/C20H32N2O3/c1-5-7-9-15-11-12-17(24-3)18(19(15)25-4)20(23)21-14-16-10-8-13-22(16)6-2/h11-12,16H,5-10,13-14H2,1-4H3,(H,21,23)/t16-/m0/s1. The fourth-order valence-corrected chi connectivity index (χ4v) is 3.63. The van der Waals surface area contributed by atoms with E-state index in [2.05, 4.69) is 24.1 Å². The normalized spacial score (nSPS) is 17.5. The van der Waals surface area contributed by atoms with Gasteiger partial charge in [0.1, 0.15) is 17.1 Å². The van der Waals surface area contributed by atoms with Crippen molar-refractivity contribution in [1.29, 1.82) is 0 Å². The second-order valence-electron chi connectivity index (χ2n) is 6.57. The number of carbonyl (C=O) groups is 1. The minimum absolute atomic E-state index is 0.116. The van der Waals surface area contributed by atoms with Crippen LogP contribution in [-0.4, -0.2) is 50.7 Å². The number of rotatable bonds is 9. The van der Waals surface area contributed by atoms with Crippen molar-refractivity contribution in [1.82, 2.24) is 10.2 Å². The van der Waals surface area contributed by atoms with Crippen LogP contribution in [0.15, 0.2) is 12.1 Å². The molecule has 0 unspecified atom stereocenters. The Bertz CT molecular complexity index is 574. The Morgan fingerprint density at radius 2 is 2.08 bits per heavy atom. The molecule has 0 aromatic heterocycles. The first kappa shape index (κ1) is 19.6. The van der Waals surface area contributed by atoms with E-state index in [9.17, 15) is 4.79 Å². The van der Waals surface area contributed by atoms with E-state index in [-0.39, 0.29) is 5.91 Å². The number of nitrogens with zero attached hydrogens (tertiary/aromatic N) is 1. The molecule has 2 rings (SSSR count). The molecule has 1 fully saturated rings. The Hall–Kier alpha value is -1.75. The molecule has 0 spiro atoms. The summed E-state index contributed by atoms with van der Waals surface area (Å²) in [4.78, 5) is 15.3. The molecule has 1 amide bonds. The molecule has 5 heteroatoms. The van der Waals surface area contributed by atoms with Gasteiger partial charge < -0.3 is 14.8 Å². The fraction of sp³-hybridized carbons (Fsp3) is 0.650. The molecule has 1 saturated heterocycles. The van der Waals surface area contributed by atoms with Crippen molar-refractivity contribution < 1.29 is 14.3 Å². The van der Waals surface area contributed by atoms with E-state index >= 15 is 0 Å². The molecule has 1 atom stereocenters. The van der Waals surface area contributed by atoms with Crippen LogP contribution >= 0.6 is 0 Å². The number of hydrogen-bond acceptors (Lipinski definition) is 4. The van der Waals surface area contributed by atoms with E-state index < -0.39 is 0 Å². The topological polar surface area (TPSA) is 50.8 Å². The molecular formula is C20H32N2O3. The first-order chi connectivity index (χ1) is 12.2. The van der Waals surface area contributed by atoms with Crippen LogP contribution in [0, 0.1) is 0 Å². The van der Waals surface area contributed by atoms with Gasteiger partial charge in [-0.1, -0.05) is 26.3 Å². The summed E-state index contributed by atoms with van der Waals surface area (Å²) in [7, 11) is 3.21. The Balaban J connectivity index is 2.18. The zero-order chi connectivity index (χ0) is 18.2. The van der Waals surface area contributed by atoms with Crippen molar-refractivity contribution in [3.63, 3.8) is 0 Å². The first-order valence-corrected chi connectivity index (χ1v) is 9.42. The van der Waals surface area contributed by atoms with E-state index in [0.717, 1.165) is 44.3 Å². The quantitative estimate of drug-likeness (QED) is 0.744. The maximum absolute atomic E-state index is 12.9. The summed E-state index contributed by atoms with van der Waals surface area (Å²) in [5, 5.41) is 3.10. The number of aryl methyl sites for hydroxylation is 1. The van der Waals surface area contributed by atoms with Gasteiger partial charge >= 0.3 is 0 Å². The number of ether oxygens (including phenoxy) is 2. The van der Waals surface area contributed by atoms with E-state index in [1.54, 1.807) is 14.2 Å². The molecule has 1 aromatic rings. The predicted octanol–water partition coefficient (Wildman–Crippen LogP) is 3.26. The molecule has 1 aliphatic rings. The number of benzene rings is 1. The molecule has 1 aliphatic heterocycles. The van der Waals surface area contributed by atoms with E-state index in [1.807, 2.05) is 12.1 Å². The lowest BCUT2D eigenvalue weighted by molar-refractivity contribution is 0.0935. The molecule has 1 heterocycles. The van der Waals surface area contributed by atoms with Crippen molar-refractivity contribution in [2.24, 2.45) is 0 Å². The van der Waals surface area contributed by atoms with Gasteiger partial charge in [0.05, 0.1) is 14.2 Å². The maximum Gasteiger partial charge on any atom is 0.258 e. The third-order valence-electron chi connectivity index (χ3n) is 5.06. The van der Waals surface area contributed by atoms with Gasteiger partial charge in [-0.05, 0) is 50.4 Å². The molecule has 0 saturated carbocycles. The van der Waals surface area contributed by atoms with Gasteiger partial charge in [-0.3, -0.25) is 9.69 Å². The summed E-state index contributed by atoms with van der Waals surface area (Å²) in [6.07, 6.45) is 5.41. The molecule has 0 radical (unpaired) electrons. The highest BCUT2D eigenvalue weighted by Gasteiger charge is 2.26. The van der Waals surface area contributed by atoms with Gasteiger partial charge in [-0.25, -0.2) is 0 Å². The van der Waals surface area contributed by atoms with Gasteiger partial charge in [0, 0.05) is 12.6 Å². The SMILES string of the molecule is CCCCc1ccc(OC)c(C(=O)NC[C@@H]2CCCN2CC)c1OC.